The summed E-state index contributed by atoms with van der Waals surface area (Å²) in [6.45, 7) is 6.28. The van der Waals surface area contributed by atoms with E-state index in [0.717, 1.165) is 0 Å². The number of carbonyl (C=O) groups excluding carboxylic acids is 1. The Morgan fingerprint density at radius 2 is 1.93 bits per heavy atom. The molecule has 1 aromatic heterocycles. The van der Waals surface area contributed by atoms with E-state index in [4.69, 9.17) is 4.74 Å². The number of nitrogens with zero attached hydrogens (tertiary/aromatic N) is 1. The van der Waals surface area contributed by atoms with Crippen molar-refractivity contribution in [3.8, 4) is 0 Å². The lowest BCUT2D eigenvalue weighted by atomic mass is 10.1. The molecular formula is C18H25N3O5S. The summed E-state index contributed by atoms with van der Waals surface area (Å²) in [5.74, 6) is -0.465. The van der Waals surface area contributed by atoms with Crippen LogP contribution in [0.3, 0.4) is 0 Å². The predicted molar refractivity (Wildman–Crippen MR) is 103 cm³/mol. The third-order valence-corrected chi connectivity index (χ3v) is 6.24. The summed E-state index contributed by atoms with van der Waals surface area (Å²) in [4.78, 5) is 27.2. The van der Waals surface area contributed by atoms with E-state index in [1.807, 2.05) is 0 Å². The number of nitrogens with one attached hydrogen (secondary N) is 2. The smallest absolute Gasteiger partial charge is 0.252 e. The second kappa shape index (κ2) is 8.64. The molecule has 0 saturated heterocycles. The second-order valence-corrected chi connectivity index (χ2v) is 8.11. The Hall–Kier alpha value is -2.23. The number of methoxy groups -OCH3 is 1. The van der Waals surface area contributed by atoms with Crippen LogP contribution in [-0.4, -0.2) is 56.5 Å². The van der Waals surface area contributed by atoms with Crippen LogP contribution in [0, 0.1) is 0 Å². The summed E-state index contributed by atoms with van der Waals surface area (Å²) < 4.78 is 31.9. The van der Waals surface area contributed by atoms with Gasteiger partial charge in [0.15, 0.2) is 0 Å². The normalized spacial score (nSPS) is 13.1. The molecule has 0 aliphatic carbocycles. The number of hydrogen-bond acceptors (Lipinski definition) is 5. The van der Waals surface area contributed by atoms with Crippen LogP contribution in [0.15, 0.2) is 34.0 Å². The van der Waals surface area contributed by atoms with Crippen molar-refractivity contribution >= 4 is 26.8 Å². The van der Waals surface area contributed by atoms with Gasteiger partial charge in [0.25, 0.3) is 5.91 Å². The van der Waals surface area contributed by atoms with Crippen LogP contribution >= 0.6 is 0 Å². The molecule has 2 N–H and O–H groups in total. The van der Waals surface area contributed by atoms with Crippen LogP contribution in [0.4, 0.5) is 0 Å². The van der Waals surface area contributed by atoms with E-state index >= 15 is 0 Å². The monoisotopic (exact) mass is 395 g/mol. The fraction of sp³-hybridized carbons (Fsp3) is 0.444. The maximum Gasteiger partial charge on any atom is 0.252 e. The fourth-order valence-electron chi connectivity index (χ4n) is 2.89. The molecule has 0 spiro atoms. The summed E-state index contributed by atoms with van der Waals surface area (Å²) in [5.41, 5.74) is 0.0743. The van der Waals surface area contributed by atoms with Gasteiger partial charge in [-0.3, -0.25) is 9.59 Å². The number of rotatable bonds is 8. The average Bonchev–Trinajstić information content (AvgIpc) is 2.61. The number of ether oxygens (including phenoxy) is 1. The van der Waals surface area contributed by atoms with Crippen molar-refractivity contribution in [2.75, 3.05) is 26.8 Å². The first kappa shape index (κ1) is 21.1. The molecule has 27 heavy (non-hydrogen) atoms. The van der Waals surface area contributed by atoms with Gasteiger partial charge >= 0.3 is 0 Å². The van der Waals surface area contributed by atoms with Gasteiger partial charge in [-0.25, -0.2) is 8.42 Å². The Morgan fingerprint density at radius 3 is 2.52 bits per heavy atom. The van der Waals surface area contributed by atoms with Crippen molar-refractivity contribution in [3.05, 3.63) is 40.2 Å². The van der Waals surface area contributed by atoms with Crippen molar-refractivity contribution in [1.82, 2.24) is 14.6 Å². The quantitative estimate of drug-likeness (QED) is 0.701. The third kappa shape index (κ3) is 4.55. The first-order valence-corrected chi connectivity index (χ1v) is 10.2. The van der Waals surface area contributed by atoms with Gasteiger partial charge in [0.2, 0.25) is 15.6 Å². The molecular weight excluding hydrogens is 370 g/mol. The van der Waals surface area contributed by atoms with E-state index in [1.54, 1.807) is 20.8 Å². The Bertz CT molecular complexity index is 980. The van der Waals surface area contributed by atoms with Gasteiger partial charge in [-0.15, -0.1) is 0 Å². The highest BCUT2D eigenvalue weighted by Crippen LogP contribution is 2.23. The van der Waals surface area contributed by atoms with Crippen LogP contribution in [0.2, 0.25) is 0 Å². The molecule has 1 unspecified atom stereocenters. The van der Waals surface area contributed by atoms with Crippen molar-refractivity contribution in [2.24, 2.45) is 0 Å². The number of H-pyrrole nitrogens is 1. The van der Waals surface area contributed by atoms with E-state index in [1.165, 1.54) is 35.7 Å². The summed E-state index contributed by atoms with van der Waals surface area (Å²) in [6, 6.07) is 5.27. The first-order chi connectivity index (χ1) is 12.7. The minimum atomic E-state index is -3.69. The molecule has 9 heteroatoms. The summed E-state index contributed by atoms with van der Waals surface area (Å²) >= 11 is 0. The lowest BCUT2D eigenvalue weighted by Crippen LogP contribution is -2.36. The van der Waals surface area contributed by atoms with Gasteiger partial charge in [0.1, 0.15) is 0 Å². The minimum absolute atomic E-state index is 0.0738. The third-order valence-electron chi connectivity index (χ3n) is 4.20. The van der Waals surface area contributed by atoms with Gasteiger partial charge in [0.05, 0.1) is 17.1 Å². The van der Waals surface area contributed by atoms with Crippen LogP contribution < -0.4 is 10.9 Å². The van der Waals surface area contributed by atoms with E-state index < -0.39 is 21.5 Å². The molecule has 0 saturated carbocycles. The standard InChI is InChI=1S/C18H25N3O5S/c1-5-21(6-2)27(24,25)13-7-8-16-14(9-13)15(10-17(22)20-16)18(23)19-12(3)11-26-4/h7-10,12H,5-6,11H2,1-4H3,(H,19,23)(H,20,22). The number of pyridine rings is 1. The molecule has 1 heterocycles. The van der Waals surface area contributed by atoms with E-state index in [9.17, 15) is 18.0 Å². The highest BCUT2D eigenvalue weighted by atomic mass is 32.2. The number of aromatic amines is 1. The Labute approximate surface area is 158 Å². The fourth-order valence-corrected chi connectivity index (χ4v) is 4.37. The Balaban J connectivity index is 2.58. The second-order valence-electron chi connectivity index (χ2n) is 6.17. The maximum absolute atomic E-state index is 12.8. The van der Waals surface area contributed by atoms with Crippen LogP contribution in [0.1, 0.15) is 31.1 Å². The summed E-state index contributed by atoms with van der Waals surface area (Å²) in [7, 11) is -2.16. The van der Waals surface area contributed by atoms with Crippen molar-refractivity contribution in [3.63, 3.8) is 0 Å². The van der Waals surface area contributed by atoms with Crippen molar-refractivity contribution in [2.45, 2.75) is 31.7 Å². The average molecular weight is 395 g/mol. The maximum atomic E-state index is 12.8. The molecule has 2 rings (SSSR count). The number of fused-ring (bicyclic) bond motifs is 1. The lowest BCUT2D eigenvalue weighted by Gasteiger charge is -2.19. The number of aromatic nitrogens is 1. The predicted octanol–water partition coefficient (Wildman–Crippen LogP) is 1.32. The molecule has 1 amide bonds. The summed E-state index contributed by atoms with van der Waals surface area (Å²) in [5, 5.41) is 3.11. The molecule has 148 valence electrons. The zero-order chi connectivity index (χ0) is 20.2. The zero-order valence-corrected chi connectivity index (χ0v) is 16.7. The number of sulfonamides is 1. The van der Waals surface area contributed by atoms with Crippen LogP contribution in [0.25, 0.3) is 10.9 Å². The van der Waals surface area contributed by atoms with Gasteiger partial charge < -0.3 is 15.0 Å². The first-order valence-electron chi connectivity index (χ1n) is 8.71. The van der Waals surface area contributed by atoms with Crippen molar-refractivity contribution < 1.29 is 17.9 Å². The molecule has 1 aromatic carbocycles. The number of benzene rings is 1. The minimum Gasteiger partial charge on any atom is -0.383 e. The Morgan fingerprint density at radius 1 is 1.26 bits per heavy atom. The van der Waals surface area contributed by atoms with Gasteiger partial charge in [-0.1, -0.05) is 13.8 Å². The van der Waals surface area contributed by atoms with E-state index in [-0.39, 0.29) is 16.5 Å². The molecule has 0 bridgehead atoms. The van der Waals surface area contributed by atoms with Gasteiger partial charge in [-0.05, 0) is 25.1 Å². The molecule has 1 atom stereocenters. The number of amides is 1. The summed E-state index contributed by atoms with van der Waals surface area (Å²) in [6.07, 6.45) is 0. The zero-order valence-electron chi connectivity index (χ0n) is 15.9. The number of hydrogen-bond donors (Lipinski definition) is 2. The highest BCUT2D eigenvalue weighted by molar-refractivity contribution is 7.89. The molecule has 2 aromatic rings. The number of carbonyl (C=O) groups is 1. The molecule has 8 nitrogen and oxygen atoms in total. The van der Waals surface area contributed by atoms with E-state index in [2.05, 4.69) is 10.3 Å². The van der Waals surface area contributed by atoms with Crippen molar-refractivity contribution in [1.29, 1.82) is 0 Å². The highest BCUT2D eigenvalue weighted by Gasteiger charge is 2.23. The molecule has 0 aliphatic heterocycles. The lowest BCUT2D eigenvalue weighted by molar-refractivity contribution is 0.0907. The van der Waals surface area contributed by atoms with Crippen LogP contribution in [-0.2, 0) is 14.8 Å². The van der Waals surface area contributed by atoms with Gasteiger partial charge in [0, 0.05) is 43.2 Å². The SMILES string of the molecule is CCN(CC)S(=O)(=O)c1ccc2[nH]c(=O)cc(C(=O)NC(C)COC)c2c1. The van der Waals surface area contributed by atoms with Crippen LogP contribution in [0.5, 0.6) is 0 Å². The Kier molecular flexibility index (Phi) is 6.74. The van der Waals surface area contributed by atoms with Gasteiger partial charge in [-0.2, -0.15) is 4.31 Å². The largest absolute Gasteiger partial charge is 0.383 e. The molecule has 0 fully saturated rings. The van der Waals surface area contributed by atoms with E-state index in [0.29, 0.717) is 30.6 Å². The molecule has 0 aliphatic rings. The topological polar surface area (TPSA) is 109 Å². The molecule has 0 radical (unpaired) electrons.